The van der Waals surface area contributed by atoms with E-state index in [9.17, 15) is 10.1 Å². The van der Waals surface area contributed by atoms with Crippen molar-refractivity contribution in [2.45, 2.75) is 38.4 Å². The SMILES string of the molecule is COC(Cc1c(NC(=O)O)ncnc1-c1cnn(/C(=C\C#N)C2CCCC2)c1)OC. The molecule has 2 aromatic heterocycles. The summed E-state index contributed by atoms with van der Waals surface area (Å²) in [7, 11) is 3.00. The topological polar surface area (TPSA) is 135 Å². The second-order valence-electron chi connectivity index (χ2n) is 6.94. The van der Waals surface area contributed by atoms with Gasteiger partial charge in [-0.15, -0.1) is 0 Å². The van der Waals surface area contributed by atoms with Crippen LogP contribution in [0.2, 0.25) is 0 Å². The molecule has 3 rings (SSSR count). The minimum Gasteiger partial charge on any atom is -0.465 e. The summed E-state index contributed by atoms with van der Waals surface area (Å²) in [5, 5.41) is 25.1. The molecular weight excluding hydrogens is 388 g/mol. The van der Waals surface area contributed by atoms with Gasteiger partial charge in [0.1, 0.15) is 12.1 Å². The lowest BCUT2D eigenvalue weighted by molar-refractivity contribution is -0.100. The van der Waals surface area contributed by atoms with Gasteiger partial charge in [0.25, 0.3) is 0 Å². The lowest BCUT2D eigenvalue weighted by atomic mass is 10.0. The number of anilines is 1. The first kappa shape index (κ1) is 21.4. The van der Waals surface area contributed by atoms with E-state index in [0.717, 1.165) is 31.4 Å². The molecule has 0 bridgehead atoms. The number of nitriles is 1. The van der Waals surface area contributed by atoms with Gasteiger partial charge in [-0.05, 0) is 12.8 Å². The Bertz CT molecular complexity index is 954. The fraction of sp³-hybridized carbons (Fsp3) is 0.450. The van der Waals surface area contributed by atoms with E-state index in [1.807, 2.05) is 0 Å². The Morgan fingerprint density at radius 3 is 2.77 bits per heavy atom. The summed E-state index contributed by atoms with van der Waals surface area (Å²) >= 11 is 0. The minimum atomic E-state index is -1.23. The van der Waals surface area contributed by atoms with E-state index in [4.69, 9.17) is 14.6 Å². The summed E-state index contributed by atoms with van der Waals surface area (Å²) in [5.74, 6) is 0.445. The van der Waals surface area contributed by atoms with Gasteiger partial charge in [-0.3, -0.25) is 5.32 Å². The number of amides is 1. The molecule has 1 aliphatic rings. The number of nitrogens with zero attached hydrogens (tertiary/aromatic N) is 5. The fourth-order valence-corrected chi connectivity index (χ4v) is 3.74. The van der Waals surface area contributed by atoms with Crippen LogP contribution in [0.15, 0.2) is 24.8 Å². The number of hydrogen-bond acceptors (Lipinski definition) is 7. The molecule has 10 nitrogen and oxygen atoms in total. The van der Waals surface area contributed by atoms with Gasteiger partial charge in [0.2, 0.25) is 0 Å². The van der Waals surface area contributed by atoms with Crippen molar-refractivity contribution in [1.29, 1.82) is 5.26 Å². The summed E-state index contributed by atoms with van der Waals surface area (Å²) in [4.78, 5) is 19.6. The molecule has 2 heterocycles. The summed E-state index contributed by atoms with van der Waals surface area (Å²) in [5.41, 5.74) is 2.57. The van der Waals surface area contributed by atoms with E-state index in [-0.39, 0.29) is 18.2 Å². The zero-order valence-electron chi connectivity index (χ0n) is 16.9. The second kappa shape index (κ2) is 9.96. The van der Waals surface area contributed by atoms with E-state index >= 15 is 0 Å². The fourth-order valence-electron chi connectivity index (χ4n) is 3.74. The minimum absolute atomic E-state index is 0.155. The molecule has 1 fully saturated rings. The molecule has 2 N–H and O–H groups in total. The van der Waals surface area contributed by atoms with Gasteiger partial charge in [-0.25, -0.2) is 19.4 Å². The number of carbonyl (C=O) groups is 1. The molecule has 158 valence electrons. The average molecular weight is 412 g/mol. The van der Waals surface area contributed by atoms with E-state index in [2.05, 4.69) is 26.5 Å². The maximum atomic E-state index is 11.2. The maximum Gasteiger partial charge on any atom is 0.410 e. The molecule has 2 aromatic rings. The van der Waals surface area contributed by atoms with Gasteiger partial charge >= 0.3 is 6.09 Å². The van der Waals surface area contributed by atoms with Gasteiger partial charge < -0.3 is 14.6 Å². The number of nitrogens with one attached hydrogen (secondary N) is 1. The Labute approximate surface area is 174 Å². The quantitative estimate of drug-likeness (QED) is 0.499. The Hall–Kier alpha value is -3.29. The second-order valence-corrected chi connectivity index (χ2v) is 6.94. The van der Waals surface area contributed by atoms with Gasteiger partial charge in [-0.1, -0.05) is 12.8 Å². The van der Waals surface area contributed by atoms with Gasteiger partial charge in [0.15, 0.2) is 6.29 Å². The van der Waals surface area contributed by atoms with Crippen LogP contribution >= 0.6 is 0 Å². The molecule has 0 radical (unpaired) electrons. The van der Waals surface area contributed by atoms with E-state index in [0.29, 0.717) is 16.8 Å². The lowest BCUT2D eigenvalue weighted by Crippen LogP contribution is -2.20. The summed E-state index contributed by atoms with van der Waals surface area (Å²) in [6.07, 6.45) is 8.99. The summed E-state index contributed by atoms with van der Waals surface area (Å²) in [6.45, 7) is 0. The summed E-state index contributed by atoms with van der Waals surface area (Å²) in [6, 6.07) is 2.12. The first-order valence-electron chi connectivity index (χ1n) is 9.61. The molecule has 10 heteroatoms. The summed E-state index contributed by atoms with van der Waals surface area (Å²) < 4.78 is 12.3. The highest BCUT2D eigenvalue weighted by atomic mass is 16.7. The van der Waals surface area contributed by atoms with E-state index in [1.54, 1.807) is 17.1 Å². The predicted octanol–water partition coefficient (Wildman–Crippen LogP) is 3.15. The third-order valence-corrected chi connectivity index (χ3v) is 5.17. The molecule has 0 unspecified atom stereocenters. The number of aromatic nitrogens is 4. The highest BCUT2D eigenvalue weighted by Gasteiger charge is 2.24. The van der Waals surface area contributed by atoms with Crippen molar-refractivity contribution < 1.29 is 19.4 Å². The van der Waals surface area contributed by atoms with Crippen molar-refractivity contribution in [2.24, 2.45) is 5.92 Å². The Balaban J connectivity index is 2.02. The van der Waals surface area contributed by atoms with Crippen LogP contribution < -0.4 is 5.32 Å². The average Bonchev–Trinajstić information content (AvgIpc) is 3.43. The van der Waals surface area contributed by atoms with E-state index in [1.165, 1.54) is 26.6 Å². The van der Waals surface area contributed by atoms with Crippen molar-refractivity contribution in [2.75, 3.05) is 19.5 Å². The van der Waals surface area contributed by atoms with Crippen LogP contribution in [0, 0.1) is 17.2 Å². The number of allylic oxidation sites excluding steroid dienone is 2. The molecule has 0 aromatic carbocycles. The van der Waals surface area contributed by atoms with Crippen molar-refractivity contribution in [3.8, 4) is 17.3 Å². The van der Waals surface area contributed by atoms with Crippen molar-refractivity contribution in [3.05, 3.63) is 30.4 Å². The number of carboxylic acid groups (broad SMARTS) is 1. The van der Waals surface area contributed by atoms with E-state index < -0.39 is 12.4 Å². The number of rotatable bonds is 8. The highest BCUT2D eigenvalue weighted by molar-refractivity contribution is 5.84. The standard InChI is InChI=1S/C20H24N6O4/c1-29-17(30-2)9-15-18(22-12-23-19(15)25-20(27)28)14-10-24-26(11-14)16(7-8-21)13-5-3-4-6-13/h7,10-13,17H,3-6,9H2,1-2H3,(H,27,28)(H,22,23,25)/b16-7-. The normalized spacial score (nSPS) is 14.8. The first-order valence-corrected chi connectivity index (χ1v) is 9.61. The highest BCUT2D eigenvalue weighted by Crippen LogP contribution is 2.34. The molecule has 1 amide bonds. The van der Waals surface area contributed by atoms with Crippen molar-refractivity contribution >= 4 is 17.6 Å². The molecule has 1 saturated carbocycles. The van der Waals surface area contributed by atoms with Gasteiger partial charge in [0, 0.05) is 50.0 Å². The van der Waals surface area contributed by atoms with Crippen molar-refractivity contribution in [1.82, 2.24) is 19.7 Å². The van der Waals surface area contributed by atoms with Gasteiger partial charge in [-0.2, -0.15) is 10.4 Å². The Kier molecular flexibility index (Phi) is 7.11. The monoisotopic (exact) mass is 412 g/mol. The molecule has 1 aliphatic carbocycles. The van der Waals surface area contributed by atoms with Gasteiger partial charge in [0.05, 0.1) is 23.7 Å². The van der Waals surface area contributed by atoms with Crippen molar-refractivity contribution in [3.63, 3.8) is 0 Å². The largest absolute Gasteiger partial charge is 0.465 e. The first-order chi connectivity index (χ1) is 14.6. The van der Waals surface area contributed by atoms with Crippen LogP contribution in [-0.4, -0.2) is 51.5 Å². The number of hydrogen-bond donors (Lipinski definition) is 2. The third kappa shape index (κ3) is 4.82. The third-order valence-electron chi connectivity index (χ3n) is 5.17. The van der Waals surface area contributed by atoms with Crippen LogP contribution in [0.25, 0.3) is 17.0 Å². The molecule has 0 atom stereocenters. The molecular formula is C20H24N6O4. The molecule has 0 aliphatic heterocycles. The lowest BCUT2D eigenvalue weighted by Gasteiger charge is -2.17. The number of ether oxygens (including phenoxy) is 2. The number of methoxy groups -OCH3 is 2. The van der Waals surface area contributed by atoms with Crippen LogP contribution in [-0.2, 0) is 15.9 Å². The smallest absolute Gasteiger partial charge is 0.410 e. The molecule has 0 saturated heterocycles. The maximum absolute atomic E-state index is 11.2. The van der Waals surface area contributed by atoms with Crippen LogP contribution in [0.3, 0.4) is 0 Å². The molecule has 0 spiro atoms. The van der Waals surface area contributed by atoms with Crippen LogP contribution in [0.5, 0.6) is 0 Å². The Morgan fingerprint density at radius 2 is 2.13 bits per heavy atom. The Morgan fingerprint density at radius 1 is 1.40 bits per heavy atom. The molecule has 30 heavy (non-hydrogen) atoms. The zero-order chi connectivity index (χ0) is 21.5. The zero-order valence-corrected chi connectivity index (χ0v) is 16.9. The van der Waals surface area contributed by atoms with Crippen LogP contribution in [0.4, 0.5) is 10.6 Å². The van der Waals surface area contributed by atoms with Crippen LogP contribution in [0.1, 0.15) is 31.2 Å². The predicted molar refractivity (Wildman–Crippen MR) is 108 cm³/mol.